The van der Waals surface area contributed by atoms with E-state index in [-0.39, 0.29) is 10.6 Å². The number of hydrogen-bond donors (Lipinski definition) is 2. The highest BCUT2D eigenvalue weighted by Crippen LogP contribution is 2.34. The molecule has 1 aliphatic heterocycles. The van der Waals surface area contributed by atoms with Crippen LogP contribution in [0.2, 0.25) is 0 Å². The zero-order chi connectivity index (χ0) is 15.6. The summed E-state index contributed by atoms with van der Waals surface area (Å²) in [4.78, 5) is 0.0611. The highest BCUT2D eigenvalue weighted by Gasteiger charge is 2.26. The fourth-order valence-corrected chi connectivity index (χ4v) is 4.74. The average Bonchev–Trinajstić information content (AvgIpc) is 2.35. The highest BCUT2D eigenvalue weighted by molar-refractivity contribution is 7.89. The molecule has 2 unspecified atom stereocenters. The van der Waals surface area contributed by atoms with Gasteiger partial charge in [0, 0.05) is 34.5 Å². The molecule has 1 aromatic carbocycles. The standard InChI is InChI=1S/C13H20N2O4S2/c1-9(8-20(2)16)15-21(17,18)12-7-11(14)6-10-4-3-5-19-13(10)12/h6-7,9,15H,3-5,8,14H2,1-2H3. The van der Waals surface area contributed by atoms with Gasteiger partial charge in [0.2, 0.25) is 10.0 Å². The molecule has 0 aromatic heterocycles. The number of nitrogens with two attached hydrogens (primary N) is 1. The fraction of sp³-hybridized carbons (Fsp3) is 0.538. The molecule has 0 fully saturated rings. The number of fused-ring (bicyclic) bond motifs is 1. The Balaban J connectivity index is 2.36. The summed E-state index contributed by atoms with van der Waals surface area (Å²) in [5, 5.41) is 0. The van der Waals surface area contributed by atoms with E-state index in [0.717, 1.165) is 18.4 Å². The van der Waals surface area contributed by atoms with Crippen molar-refractivity contribution in [1.82, 2.24) is 4.72 Å². The molecule has 118 valence electrons. The summed E-state index contributed by atoms with van der Waals surface area (Å²) in [5.74, 6) is 0.637. The van der Waals surface area contributed by atoms with Crippen LogP contribution in [0, 0.1) is 0 Å². The Hall–Kier alpha value is -1.12. The number of sulfonamides is 1. The van der Waals surface area contributed by atoms with Crippen LogP contribution >= 0.6 is 0 Å². The Morgan fingerprint density at radius 2 is 2.19 bits per heavy atom. The van der Waals surface area contributed by atoms with Gasteiger partial charge in [-0.3, -0.25) is 4.21 Å². The lowest BCUT2D eigenvalue weighted by molar-refractivity contribution is 0.280. The summed E-state index contributed by atoms with van der Waals surface area (Å²) in [5.41, 5.74) is 7.00. The van der Waals surface area contributed by atoms with Crippen molar-refractivity contribution < 1.29 is 17.4 Å². The maximum Gasteiger partial charge on any atom is 0.244 e. The molecule has 2 atom stereocenters. The van der Waals surface area contributed by atoms with Crippen LogP contribution in [-0.2, 0) is 27.2 Å². The Kier molecular flexibility index (Phi) is 4.90. The fourth-order valence-electron chi connectivity index (χ4n) is 2.38. The van der Waals surface area contributed by atoms with E-state index in [2.05, 4.69) is 4.72 Å². The maximum atomic E-state index is 12.5. The molecule has 2 rings (SSSR count). The van der Waals surface area contributed by atoms with E-state index >= 15 is 0 Å². The number of rotatable bonds is 5. The van der Waals surface area contributed by atoms with Crippen LogP contribution in [0.25, 0.3) is 0 Å². The van der Waals surface area contributed by atoms with E-state index in [1.807, 2.05) is 0 Å². The zero-order valence-electron chi connectivity index (χ0n) is 12.1. The number of nitrogens with one attached hydrogen (secondary N) is 1. The molecule has 0 saturated heterocycles. The van der Waals surface area contributed by atoms with Crippen molar-refractivity contribution >= 4 is 26.5 Å². The van der Waals surface area contributed by atoms with E-state index in [0.29, 0.717) is 18.0 Å². The normalized spacial score (nSPS) is 17.6. The van der Waals surface area contributed by atoms with Gasteiger partial charge in [0.1, 0.15) is 10.6 Å². The minimum atomic E-state index is -3.76. The lowest BCUT2D eigenvalue weighted by Gasteiger charge is -2.22. The molecule has 1 heterocycles. The summed E-state index contributed by atoms with van der Waals surface area (Å²) in [7, 11) is -4.83. The number of hydrogen-bond acceptors (Lipinski definition) is 5. The SMILES string of the molecule is CC(CS(C)=O)NS(=O)(=O)c1cc(N)cc2c1OCCC2. The zero-order valence-corrected chi connectivity index (χ0v) is 13.7. The number of anilines is 1. The smallest absolute Gasteiger partial charge is 0.244 e. The first kappa shape index (κ1) is 16.3. The highest BCUT2D eigenvalue weighted by atomic mass is 32.2. The minimum absolute atomic E-state index is 0.0611. The Bertz CT molecular complexity index is 658. The number of ether oxygens (including phenoxy) is 1. The third-order valence-electron chi connectivity index (χ3n) is 3.12. The van der Waals surface area contributed by atoms with E-state index in [4.69, 9.17) is 10.5 Å². The number of aryl methyl sites for hydroxylation is 1. The number of nitrogen functional groups attached to an aromatic ring is 1. The van der Waals surface area contributed by atoms with Gasteiger partial charge in [0.15, 0.2) is 0 Å². The van der Waals surface area contributed by atoms with Gasteiger partial charge in [-0.25, -0.2) is 13.1 Å². The first-order chi connectivity index (χ1) is 9.79. The van der Waals surface area contributed by atoms with Crippen molar-refractivity contribution in [2.24, 2.45) is 0 Å². The molecule has 0 saturated carbocycles. The van der Waals surface area contributed by atoms with Crippen LogP contribution in [0.15, 0.2) is 17.0 Å². The molecule has 0 bridgehead atoms. The van der Waals surface area contributed by atoms with Gasteiger partial charge >= 0.3 is 0 Å². The predicted molar refractivity (Wildman–Crippen MR) is 83.4 cm³/mol. The second-order valence-corrected chi connectivity index (χ2v) is 8.38. The van der Waals surface area contributed by atoms with Gasteiger partial charge in [-0.1, -0.05) is 0 Å². The van der Waals surface area contributed by atoms with Crippen molar-refractivity contribution in [3.63, 3.8) is 0 Å². The Morgan fingerprint density at radius 1 is 1.48 bits per heavy atom. The molecule has 21 heavy (non-hydrogen) atoms. The second kappa shape index (κ2) is 6.33. The topological polar surface area (TPSA) is 98.5 Å². The van der Waals surface area contributed by atoms with Gasteiger partial charge in [0.25, 0.3) is 0 Å². The Morgan fingerprint density at radius 3 is 2.86 bits per heavy atom. The van der Waals surface area contributed by atoms with Crippen molar-refractivity contribution in [3.05, 3.63) is 17.7 Å². The van der Waals surface area contributed by atoms with Gasteiger partial charge in [-0.2, -0.15) is 0 Å². The van der Waals surface area contributed by atoms with E-state index in [1.54, 1.807) is 13.0 Å². The molecule has 1 aromatic rings. The van der Waals surface area contributed by atoms with Gasteiger partial charge in [-0.05, 0) is 37.5 Å². The second-order valence-electron chi connectivity index (χ2n) is 5.22. The van der Waals surface area contributed by atoms with Crippen molar-refractivity contribution in [1.29, 1.82) is 0 Å². The molecule has 6 nitrogen and oxygen atoms in total. The van der Waals surface area contributed by atoms with Crippen LogP contribution in [0.5, 0.6) is 5.75 Å². The average molecular weight is 332 g/mol. The van der Waals surface area contributed by atoms with Crippen LogP contribution in [0.3, 0.4) is 0 Å². The third-order valence-corrected chi connectivity index (χ3v) is 5.69. The van der Waals surface area contributed by atoms with Crippen LogP contribution in [0.4, 0.5) is 5.69 Å². The van der Waals surface area contributed by atoms with Gasteiger partial charge in [0.05, 0.1) is 6.61 Å². The largest absolute Gasteiger partial charge is 0.492 e. The first-order valence-corrected chi connectivity index (χ1v) is 9.88. The third kappa shape index (κ3) is 3.96. The molecule has 1 aliphatic rings. The minimum Gasteiger partial charge on any atom is -0.492 e. The quantitative estimate of drug-likeness (QED) is 0.771. The molecule has 0 amide bonds. The molecule has 8 heteroatoms. The summed E-state index contributed by atoms with van der Waals surface area (Å²) >= 11 is 0. The molecular formula is C13H20N2O4S2. The lowest BCUT2D eigenvalue weighted by atomic mass is 10.1. The van der Waals surface area contributed by atoms with Crippen LogP contribution in [0.1, 0.15) is 18.9 Å². The maximum absolute atomic E-state index is 12.5. The van der Waals surface area contributed by atoms with Crippen molar-refractivity contribution in [3.8, 4) is 5.75 Å². The predicted octanol–water partition coefficient (Wildman–Crippen LogP) is 0.639. The summed E-state index contributed by atoms with van der Waals surface area (Å²) in [6, 6.07) is 2.72. The van der Waals surface area contributed by atoms with E-state index in [1.165, 1.54) is 12.3 Å². The summed E-state index contributed by atoms with van der Waals surface area (Å²) in [6.07, 6.45) is 3.13. The lowest BCUT2D eigenvalue weighted by Crippen LogP contribution is -2.36. The number of benzene rings is 1. The molecule has 0 spiro atoms. The van der Waals surface area contributed by atoms with E-state index < -0.39 is 26.9 Å². The first-order valence-electron chi connectivity index (χ1n) is 6.67. The molecule has 0 radical (unpaired) electrons. The van der Waals surface area contributed by atoms with E-state index in [9.17, 15) is 12.6 Å². The van der Waals surface area contributed by atoms with Crippen LogP contribution < -0.4 is 15.2 Å². The Labute approximate surface area is 127 Å². The van der Waals surface area contributed by atoms with Crippen LogP contribution in [-0.4, -0.2) is 37.3 Å². The van der Waals surface area contributed by atoms with Gasteiger partial charge < -0.3 is 10.5 Å². The van der Waals surface area contributed by atoms with Crippen molar-refractivity contribution in [2.75, 3.05) is 24.3 Å². The summed E-state index contributed by atoms with van der Waals surface area (Å²) < 4.78 is 44.2. The molecular weight excluding hydrogens is 312 g/mol. The van der Waals surface area contributed by atoms with Gasteiger partial charge in [-0.15, -0.1) is 0 Å². The molecule has 3 N–H and O–H groups in total. The van der Waals surface area contributed by atoms with Crippen molar-refractivity contribution in [2.45, 2.75) is 30.7 Å². The molecule has 0 aliphatic carbocycles. The summed E-state index contributed by atoms with van der Waals surface area (Å²) in [6.45, 7) is 2.17. The monoisotopic (exact) mass is 332 g/mol.